The number of thioether (sulfide) groups is 1. The predicted octanol–water partition coefficient (Wildman–Crippen LogP) is 2.96. The van der Waals surface area contributed by atoms with Crippen LogP contribution in [-0.4, -0.2) is 26.9 Å². The molecule has 1 rings (SSSR count). The van der Waals surface area contributed by atoms with Crippen LogP contribution in [0.3, 0.4) is 0 Å². The molecule has 0 bridgehead atoms. The molecule has 0 aliphatic rings. The first-order valence-corrected chi connectivity index (χ1v) is 7.74. The lowest BCUT2D eigenvalue weighted by Crippen LogP contribution is -2.44. The SMILES string of the molecule is CC(C)NC(C)(C#N)CCCCSc1nccn1C. The molecule has 0 fully saturated rings. The Morgan fingerprint density at radius 2 is 2.26 bits per heavy atom. The van der Waals surface area contributed by atoms with E-state index in [1.807, 2.05) is 30.9 Å². The Bertz CT molecular complexity index is 421. The van der Waals surface area contributed by atoms with Crippen molar-refractivity contribution in [3.63, 3.8) is 0 Å². The fourth-order valence-corrected chi connectivity index (χ4v) is 2.96. The first-order chi connectivity index (χ1) is 8.97. The lowest BCUT2D eigenvalue weighted by molar-refractivity contribution is 0.372. The third-order valence-corrected chi connectivity index (χ3v) is 4.08. The molecule has 1 aromatic rings. The van der Waals surface area contributed by atoms with Crippen molar-refractivity contribution < 1.29 is 0 Å². The van der Waals surface area contributed by atoms with Crippen molar-refractivity contribution in [2.45, 2.75) is 56.8 Å². The van der Waals surface area contributed by atoms with Crippen LogP contribution in [0.15, 0.2) is 17.6 Å². The standard InChI is InChI=1S/C14H24N4S/c1-12(2)17-14(3,11-15)7-5-6-10-19-13-16-8-9-18(13)4/h8-9,12,17H,5-7,10H2,1-4H3. The fourth-order valence-electron chi connectivity index (χ4n) is 2.03. The van der Waals surface area contributed by atoms with Gasteiger partial charge >= 0.3 is 0 Å². The van der Waals surface area contributed by atoms with Crippen molar-refractivity contribution in [3.05, 3.63) is 12.4 Å². The second kappa shape index (κ2) is 7.56. The van der Waals surface area contributed by atoms with Crippen LogP contribution >= 0.6 is 11.8 Å². The molecule has 1 atom stereocenters. The lowest BCUT2D eigenvalue weighted by Gasteiger charge is -2.25. The van der Waals surface area contributed by atoms with Gasteiger partial charge in [0.25, 0.3) is 0 Å². The molecule has 0 aromatic carbocycles. The third kappa shape index (κ3) is 5.66. The van der Waals surface area contributed by atoms with Crippen LogP contribution in [0.1, 0.15) is 40.0 Å². The minimum absolute atomic E-state index is 0.339. The zero-order chi connectivity index (χ0) is 14.3. The zero-order valence-corrected chi connectivity index (χ0v) is 13.1. The minimum atomic E-state index is -0.401. The number of nitrogens with one attached hydrogen (secondary N) is 1. The maximum Gasteiger partial charge on any atom is 0.167 e. The zero-order valence-electron chi connectivity index (χ0n) is 12.3. The van der Waals surface area contributed by atoms with Crippen LogP contribution in [0, 0.1) is 11.3 Å². The maximum absolute atomic E-state index is 9.25. The van der Waals surface area contributed by atoms with Gasteiger partial charge in [0, 0.05) is 31.2 Å². The first-order valence-electron chi connectivity index (χ1n) is 6.76. The summed E-state index contributed by atoms with van der Waals surface area (Å²) in [7, 11) is 2.01. The van der Waals surface area contributed by atoms with Crippen molar-refractivity contribution in [1.82, 2.24) is 14.9 Å². The van der Waals surface area contributed by atoms with Gasteiger partial charge < -0.3 is 4.57 Å². The summed E-state index contributed by atoms with van der Waals surface area (Å²) in [5.74, 6) is 1.05. The van der Waals surface area contributed by atoms with Gasteiger partial charge in [0.15, 0.2) is 5.16 Å². The van der Waals surface area contributed by atoms with Crippen LogP contribution in [0.2, 0.25) is 0 Å². The van der Waals surface area contributed by atoms with E-state index >= 15 is 0 Å². The summed E-state index contributed by atoms with van der Waals surface area (Å²) < 4.78 is 2.03. The summed E-state index contributed by atoms with van der Waals surface area (Å²) in [6, 6.07) is 2.73. The molecule has 0 saturated heterocycles. The summed E-state index contributed by atoms with van der Waals surface area (Å²) in [5.41, 5.74) is -0.401. The van der Waals surface area contributed by atoms with Gasteiger partial charge in [0.1, 0.15) is 5.54 Å². The van der Waals surface area contributed by atoms with E-state index in [1.54, 1.807) is 11.8 Å². The molecule has 0 saturated carbocycles. The van der Waals surface area contributed by atoms with E-state index in [4.69, 9.17) is 0 Å². The van der Waals surface area contributed by atoms with Crippen molar-refractivity contribution in [2.75, 3.05) is 5.75 Å². The van der Waals surface area contributed by atoms with Crippen molar-refractivity contribution >= 4 is 11.8 Å². The summed E-state index contributed by atoms with van der Waals surface area (Å²) in [6.07, 6.45) is 6.84. The normalized spacial score (nSPS) is 14.3. The number of rotatable bonds is 8. The molecule has 1 N–H and O–H groups in total. The monoisotopic (exact) mass is 280 g/mol. The summed E-state index contributed by atoms with van der Waals surface area (Å²) in [5, 5.41) is 13.6. The number of nitriles is 1. The second-order valence-corrected chi connectivity index (χ2v) is 6.43. The molecule has 1 unspecified atom stereocenters. The fraction of sp³-hybridized carbons (Fsp3) is 0.714. The maximum atomic E-state index is 9.25. The lowest BCUT2D eigenvalue weighted by atomic mass is 9.96. The smallest absolute Gasteiger partial charge is 0.167 e. The van der Waals surface area contributed by atoms with Crippen molar-refractivity contribution in [1.29, 1.82) is 5.26 Å². The molecule has 106 valence electrons. The van der Waals surface area contributed by atoms with E-state index < -0.39 is 5.54 Å². The molecule has 0 spiro atoms. The molecule has 0 amide bonds. The Morgan fingerprint density at radius 1 is 1.53 bits per heavy atom. The topological polar surface area (TPSA) is 53.6 Å². The average Bonchev–Trinajstić information content (AvgIpc) is 2.74. The minimum Gasteiger partial charge on any atom is -0.329 e. The predicted molar refractivity (Wildman–Crippen MR) is 80.1 cm³/mol. The number of aryl methyl sites for hydroxylation is 1. The van der Waals surface area contributed by atoms with E-state index in [1.165, 1.54) is 0 Å². The number of hydrogen-bond donors (Lipinski definition) is 1. The molecule has 0 aliphatic heterocycles. The third-order valence-electron chi connectivity index (χ3n) is 2.93. The number of aromatic nitrogens is 2. The van der Waals surface area contributed by atoms with Crippen LogP contribution in [0.25, 0.3) is 0 Å². The van der Waals surface area contributed by atoms with Crippen LogP contribution < -0.4 is 5.32 Å². The molecule has 1 aromatic heterocycles. The van der Waals surface area contributed by atoms with Crippen LogP contribution in [0.4, 0.5) is 0 Å². The van der Waals surface area contributed by atoms with Crippen LogP contribution in [0.5, 0.6) is 0 Å². The molecule has 0 radical (unpaired) electrons. The summed E-state index contributed by atoms with van der Waals surface area (Å²) in [6.45, 7) is 6.14. The largest absolute Gasteiger partial charge is 0.329 e. The van der Waals surface area contributed by atoms with E-state index in [0.717, 1.165) is 30.2 Å². The van der Waals surface area contributed by atoms with Gasteiger partial charge in [-0.05, 0) is 40.0 Å². The highest BCUT2D eigenvalue weighted by molar-refractivity contribution is 7.99. The first kappa shape index (κ1) is 16.1. The Hall–Kier alpha value is -0.990. The molecule has 0 aliphatic carbocycles. The highest BCUT2D eigenvalue weighted by atomic mass is 32.2. The van der Waals surface area contributed by atoms with Gasteiger partial charge in [-0.1, -0.05) is 11.8 Å². The van der Waals surface area contributed by atoms with E-state index in [9.17, 15) is 5.26 Å². The summed E-state index contributed by atoms with van der Waals surface area (Å²) in [4.78, 5) is 4.28. The van der Waals surface area contributed by atoms with Gasteiger partial charge in [0.05, 0.1) is 6.07 Å². The van der Waals surface area contributed by atoms with E-state index in [2.05, 4.69) is 30.2 Å². The van der Waals surface area contributed by atoms with Crippen molar-refractivity contribution in [3.8, 4) is 6.07 Å². The Kier molecular flexibility index (Phi) is 6.40. The van der Waals surface area contributed by atoms with E-state index in [-0.39, 0.29) is 0 Å². The van der Waals surface area contributed by atoms with Gasteiger partial charge in [-0.15, -0.1) is 0 Å². The van der Waals surface area contributed by atoms with Gasteiger partial charge in [-0.2, -0.15) is 5.26 Å². The Morgan fingerprint density at radius 3 is 2.79 bits per heavy atom. The quantitative estimate of drug-likeness (QED) is 0.587. The number of nitrogens with zero attached hydrogens (tertiary/aromatic N) is 3. The van der Waals surface area contributed by atoms with E-state index in [0.29, 0.717) is 6.04 Å². The van der Waals surface area contributed by atoms with Gasteiger partial charge in [0.2, 0.25) is 0 Å². The second-order valence-electron chi connectivity index (χ2n) is 5.37. The van der Waals surface area contributed by atoms with Gasteiger partial charge in [-0.3, -0.25) is 5.32 Å². The molecule has 4 nitrogen and oxygen atoms in total. The number of hydrogen-bond acceptors (Lipinski definition) is 4. The average molecular weight is 280 g/mol. The number of imidazole rings is 1. The van der Waals surface area contributed by atoms with Crippen LogP contribution in [-0.2, 0) is 7.05 Å². The Labute approximate surface area is 120 Å². The highest BCUT2D eigenvalue weighted by Crippen LogP contribution is 2.19. The molecular formula is C14H24N4S. The molecule has 5 heteroatoms. The molecule has 19 heavy (non-hydrogen) atoms. The number of unbranched alkanes of at least 4 members (excludes halogenated alkanes) is 1. The molecular weight excluding hydrogens is 256 g/mol. The summed E-state index contributed by atoms with van der Waals surface area (Å²) >= 11 is 1.77. The van der Waals surface area contributed by atoms with Gasteiger partial charge in [-0.25, -0.2) is 4.98 Å². The molecule has 1 heterocycles. The highest BCUT2D eigenvalue weighted by Gasteiger charge is 2.23. The van der Waals surface area contributed by atoms with Crippen molar-refractivity contribution in [2.24, 2.45) is 7.05 Å². The Balaban J connectivity index is 2.23.